The molecule has 0 saturated heterocycles. The van der Waals surface area contributed by atoms with Gasteiger partial charge in [-0.05, 0) is 0 Å². The van der Waals surface area contributed by atoms with Gasteiger partial charge in [0, 0.05) is 0 Å². The van der Waals surface area contributed by atoms with E-state index in [1.165, 1.54) is 0 Å². The molecule has 0 unspecified atom stereocenters. The monoisotopic (exact) mass is 50.0 g/mol. The van der Waals surface area contributed by atoms with E-state index in [-0.39, 0.29) is 0 Å². The van der Waals surface area contributed by atoms with Crippen molar-refractivity contribution in [2.24, 2.45) is 0 Å². The van der Waals surface area contributed by atoms with Gasteiger partial charge in [0.15, 0.2) is 0 Å². The minimum Gasteiger partial charge on any atom is -0.358 e. The topological polar surface area (TPSA) is 0 Å². The SMILES string of the molecule is [2H]C#CC#[C-]. The molecular formula is C4H-. The summed E-state index contributed by atoms with van der Waals surface area (Å²) in [7, 11) is 0. The normalized spacial score (nSPS) is 4.25. The van der Waals surface area contributed by atoms with E-state index >= 15 is 0 Å². The minimum atomic E-state index is 1.72. The van der Waals surface area contributed by atoms with E-state index in [9.17, 15) is 0 Å². The van der Waals surface area contributed by atoms with Crippen molar-refractivity contribution >= 4 is 0 Å². The zero-order valence-corrected chi connectivity index (χ0v) is 2.00. The maximum Gasteiger partial charge on any atom is 0.0999 e. The smallest absolute Gasteiger partial charge is 0.0999 e. The van der Waals surface area contributed by atoms with Crippen molar-refractivity contribution in [3.8, 4) is 18.2 Å². The summed E-state index contributed by atoms with van der Waals surface area (Å²) in [5.74, 6) is 3.66. The highest BCUT2D eigenvalue weighted by Crippen LogP contribution is 1.27. The van der Waals surface area contributed by atoms with E-state index in [4.69, 9.17) is 7.79 Å². The van der Waals surface area contributed by atoms with Crippen molar-refractivity contribution in [1.29, 1.82) is 0 Å². The molecule has 0 radical (unpaired) electrons. The van der Waals surface area contributed by atoms with Crippen LogP contribution in [0.25, 0.3) is 0 Å². The third-order valence-electron chi connectivity index (χ3n) is 0.0625. The molecule has 0 aromatic rings. The molecule has 0 nitrogen and oxygen atoms in total. The number of hydrogen-bond donors (Lipinski definition) is 0. The van der Waals surface area contributed by atoms with Crippen LogP contribution in [0, 0.1) is 24.7 Å². The van der Waals surface area contributed by atoms with Crippen molar-refractivity contribution in [2.75, 3.05) is 0 Å². The Morgan fingerprint density at radius 3 is 3.00 bits per heavy atom. The van der Waals surface area contributed by atoms with E-state index in [0.29, 0.717) is 0 Å². The van der Waals surface area contributed by atoms with Crippen LogP contribution in [0.5, 0.6) is 0 Å². The van der Waals surface area contributed by atoms with Gasteiger partial charge in [0.05, 0.1) is 1.37 Å². The van der Waals surface area contributed by atoms with Gasteiger partial charge in [-0.15, -0.1) is 0 Å². The number of terminal acetylenes is 1. The van der Waals surface area contributed by atoms with Crippen LogP contribution in [0.2, 0.25) is 0 Å². The second-order valence-electron chi connectivity index (χ2n) is 0.250. The Morgan fingerprint density at radius 2 is 3.00 bits per heavy atom. The summed E-state index contributed by atoms with van der Waals surface area (Å²) in [5.41, 5.74) is 0. The van der Waals surface area contributed by atoms with Crippen LogP contribution in [-0.4, -0.2) is 0 Å². The molecule has 0 rings (SSSR count). The van der Waals surface area contributed by atoms with Crippen LogP contribution in [0.15, 0.2) is 0 Å². The van der Waals surface area contributed by atoms with Gasteiger partial charge in [-0.25, -0.2) is 6.40 Å². The van der Waals surface area contributed by atoms with Gasteiger partial charge in [0.25, 0.3) is 0 Å². The van der Waals surface area contributed by atoms with E-state index in [1.54, 1.807) is 12.3 Å². The van der Waals surface area contributed by atoms with Gasteiger partial charge in [0.2, 0.25) is 0 Å². The Hall–Kier alpha value is -0.880. The fourth-order valence-corrected chi connectivity index (χ4v) is 0. The molecule has 0 atom stereocenters. The third kappa shape index (κ3) is 1.12. The molecule has 0 aromatic carbocycles. The lowest BCUT2D eigenvalue weighted by atomic mass is 10.7. The lowest BCUT2D eigenvalue weighted by molar-refractivity contribution is 2.53. The summed E-state index contributed by atoms with van der Waals surface area (Å²) >= 11 is 0. The molecule has 0 aromatic heterocycles. The van der Waals surface area contributed by atoms with E-state index in [1.807, 2.05) is 5.92 Å². The Labute approximate surface area is 27.2 Å². The second kappa shape index (κ2) is 2.12. The molecular weight excluding hydrogens is 48.0 g/mol. The average Bonchev–Trinajstić information content (AvgIpc) is 1.41. The number of hydrogen-bond acceptors (Lipinski definition) is 0. The van der Waals surface area contributed by atoms with Crippen molar-refractivity contribution in [3.63, 3.8) is 0 Å². The summed E-state index contributed by atoms with van der Waals surface area (Å²) in [6.45, 7) is 0. The largest absolute Gasteiger partial charge is 0.358 e. The molecule has 4 heavy (non-hydrogen) atoms. The molecule has 0 aliphatic heterocycles. The first-order valence-electron chi connectivity index (χ1n) is 1.25. The van der Waals surface area contributed by atoms with Crippen LogP contribution < -0.4 is 0 Å². The van der Waals surface area contributed by atoms with Gasteiger partial charge in [-0.2, -0.15) is 0 Å². The fourth-order valence-electron chi connectivity index (χ4n) is 0. The van der Waals surface area contributed by atoms with Gasteiger partial charge < -0.3 is 6.42 Å². The minimum absolute atomic E-state index is 1.72. The molecule has 0 spiro atoms. The van der Waals surface area contributed by atoms with Crippen LogP contribution in [0.1, 0.15) is 1.37 Å². The molecule has 0 saturated carbocycles. The van der Waals surface area contributed by atoms with Crippen LogP contribution in [-0.2, 0) is 0 Å². The quantitative estimate of drug-likeness (QED) is 0.272. The molecule has 0 fully saturated rings. The molecule has 0 N–H and O–H groups in total. The number of rotatable bonds is 0. The summed E-state index contributed by atoms with van der Waals surface area (Å²) in [5, 5.41) is 0. The Balaban J connectivity index is 3.30. The van der Waals surface area contributed by atoms with Crippen LogP contribution in [0.3, 0.4) is 0 Å². The van der Waals surface area contributed by atoms with Gasteiger partial charge >= 0.3 is 0 Å². The summed E-state index contributed by atoms with van der Waals surface area (Å²) in [4.78, 5) is 0. The van der Waals surface area contributed by atoms with Crippen LogP contribution in [0.4, 0.5) is 0 Å². The van der Waals surface area contributed by atoms with Gasteiger partial charge in [-0.3, -0.25) is 11.8 Å². The first-order chi connectivity index (χ1) is 2.41. The highest BCUT2D eigenvalue weighted by Gasteiger charge is 1.00. The molecule has 0 heteroatoms. The lowest BCUT2D eigenvalue weighted by Gasteiger charge is -1.53. The lowest BCUT2D eigenvalue weighted by Crippen LogP contribution is -1.25. The molecule has 0 bridgehead atoms. The second-order valence-corrected chi connectivity index (χ2v) is 0.250. The summed E-state index contributed by atoms with van der Waals surface area (Å²) < 4.78 is 6.06. The maximum absolute atomic E-state index is 6.06. The Bertz CT molecular complexity index is 97.0. The highest BCUT2D eigenvalue weighted by atomic mass is 13.3. The zero-order chi connectivity index (χ0) is 4.12. The van der Waals surface area contributed by atoms with E-state index in [2.05, 4.69) is 0 Å². The average molecular weight is 50.1 g/mol. The molecule has 18 valence electrons. The first-order valence-corrected chi connectivity index (χ1v) is 0.750. The first kappa shape index (κ1) is 1.44. The van der Waals surface area contributed by atoms with Crippen molar-refractivity contribution < 1.29 is 1.37 Å². The Kier molecular flexibility index (Phi) is 0.763. The summed E-state index contributed by atoms with van der Waals surface area (Å²) in [6.07, 6.45) is 7.78. The molecule has 0 aliphatic carbocycles. The molecule has 0 heterocycles. The maximum atomic E-state index is 6.06. The predicted molar refractivity (Wildman–Crippen MR) is 16.0 cm³/mol. The molecule has 0 aliphatic rings. The van der Waals surface area contributed by atoms with Crippen LogP contribution >= 0.6 is 0 Å². The Morgan fingerprint density at radius 1 is 2.25 bits per heavy atom. The fraction of sp³-hybridized carbons (Fsp3) is 0. The van der Waals surface area contributed by atoms with Crippen molar-refractivity contribution in [1.82, 2.24) is 0 Å². The molecule has 0 amide bonds. The van der Waals surface area contributed by atoms with E-state index in [0.717, 1.165) is 0 Å². The standard InChI is InChI=1S/C4H/c1-3-4-2/h1H/q-1/i1D. The predicted octanol–water partition coefficient (Wildman–Crippen LogP) is 0.209. The van der Waals surface area contributed by atoms with Gasteiger partial charge in [0.1, 0.15) is 0 Å². The zero-order valence-electron chi connectivity index (χ0n) is 3.00. The van der Waals surface area contributed by atoms with Crippen molar-refractivity contribution in [3.05, 3.63) is 6.42 Å². The highest BCUT2D eigenvalue weighted by molar-refractivity contribution is 5.11. The van der Waals surface area contributed by atoms with Crippen molar-refractivity contribution in [2.45, 2.75) is 0 Å². The summed E-state index contributed by atoms with van der Waals surface area (Å²) in [6, 6.07) is 0. The van der Waals surface area contributed by atoms with E-state index < -0.39 is 0 Å². The third-order valence-corrected chi connectivity index (χ3v) is 0.0625. The van der Waals surface area contributed by atoms with Gasteiger partial charge in [-0.1, -0.05) is 0 Å².